The molecular formula is C13H27NO6. The van der Waals surface area contributed by atoms with Crippen LogP contribution in [-0.4, -0.2) is 79.0 Å². The molecule has 0 aliphatic rings. The van der Waals surface area contributed by atoms with Gasteiger partial charge in [0.1, 0.15) is 6.04 Å². The molecule has 0 fully saturated rings. The van der Waals surface area contributed by atoms with Crippen LogP contribution >= 0.6 is 0 Å². The lowest BCUT2D eigenvalue weighted by Crippen LogP contribution is -2.39. The lowest BCUT2D eigenvalue weighted by atomic mass is 10.3. The molecule has 0 saturated heterocycles. The van der Waals surface area contributed by atoms with E-state index >= 15 is 0 Å². The lowest BCUT2D eigenvalue weighted by Gasteiger charge is -2.14. The van der Waals surface area contributed by atoms with Gasteiger partial charge in [0.2, 0.25) is 0 Å². The minimum Gasteiger partial charge on any atom is -0.465 e. The first kappa shape index (κ1) is 19.3. The minimum atomic E-state index is -0.438. The molecule has 1 N–H and O–H groups in total. The second-order valence-electron chi connectivity index (χ2n) is 3.89. The van der Waals surface area contributed by atoms with Crippen LogP contribution in [0.15, 0.2) is 0 Å². The number of hydrogen-bond donors (Lipinski definition) is 1. The number of hydrogen-bond acceptors (Lipinski definition) is 7. The summed E-state index contributed by atoms with van der Waals surface area (Å²) in [4.78, 5) is 11.4. The first-order valence-electron chi connectivity index (χ1n) is 6.82. The number of nitrogens with one attached hydrogen (secondary N) is 1. The summed E-state index contributed by atoms with van der Waals surface area (Å²) >= 11 is 0. The average molecular weight is 293 g/mol. The fourth-order valence-electron chi connectivity index (χ4n) is 1.30. The van der Waals surface area contributed by atoms with Crippen molar-refractivity contribution in [1.82, 2.24) is 5.32 Å². The third kappa shape index (κ3) is 11.1. The van der Waals surface area contributed by atoms with Crippen molar-refractivity contribution >= 4 is 5.97 Å². The quantitative estimate of drug-likeness (QED) is 0.352. The van der Waals surface area contributed by atoms with E-state index < -0.39 is 6.04 Å². The number of methoxy groups -OCH3 is 1. The predicted octanol–water partition coefficient (Wildman–Crippen LogP) is -0.166. The average Bonchev–Trinajstić information content (AvgIpc) is 2.45. The summed E-state index contributed by atoms with van der Waals surface area (Å²) in [5, 5.41) is 2.85. The van der Waals surface area contributed by atoms with Crippen molar-refractivity contribution in [1.29, 1.82) is 0 Å². The fraction of sp³-hybridized carbons (Fsp3) is 0.923. The van der Waals surface area contributed by atoms with Crippen LogP contribution in [0, 0.1) is 0 Å². The lowest BCUT2D eigenvalue weighted by molar-refractivity contribution is -0.147. The topological polar surface area (TPSA) is 75.3 Å². The maximum atomic E-state index is 11.4. The molecule has 120 valence electrons. The van der Waals surface area contributed by atoms with E-state index in [1.807, 2.05) is 0 Å². The van der Waals surface area contributed by atoms with Gasteiger partial charge in [0, 0.05) is 7.11 Å². The monoisotopic (exact) mass is 293 g/mol. The number of rotatable bonds is 14. The maximum absolute atomic E-state index is 11.4. The largest absolute Gasteiger partial charge is 0.465 e. The zero-order valence-electron chi connectivity index (χ0n) is 12.7. The van der Waals surface area contributed by atoms with Crippen LogP contribution in [0.2, 0.25) is 0 Å². The summed E-state index contributed by atoms with van der Waals surface area (Å²) in [7, 11) is 3.32. The highest BCUT2D eigenvalue weighted by Gasteiger charge is 2.17. The SMILES string of the molecule is CCOC(=O)C(COCCOCCOCCOC)NC. The van der Waals surface area contributed by atoms with Crippen LogP contribution in [0.3, 0.4) is 0 Å². The standard InChI is InChI=1S/C13H27NO6/c1-4-20-13(15)12(14-2)11-19-10-9-18-8-7-17-6-5-16-3/h12,14H,4-11H2,1-3H3. The number of esters is 1. The molecule has 7 heteroatoms. The van der Waals surface area contributed by atoms with E-state index in [4.69, 9.17) is 23.7 Å². The van der Waals surface area contributed by atoms with E-state index in [1.165, 1.54) is 0 Å². The Morgan fingerprint density at radius 3 is 2.05 bits per heavy atom. The second-order valence-corrected chi connectivity index (χ2v) is 3.89. The maximum Gasteiger partial charge on any atom is 0.325 e. The van der Waals surface area contributed by atoms with Crippen molar-refractivity contribution < 1.29 is 28.5 Å². The highest BCUT2D eigenvalue weighted by atomic mass is 16.6. The van der Waals surface area contributed by atoms with Gasteiger partial charge in [0.05, 0.1) is 52.9 Å². The zero-order valence-corrected chi connectivity index (χ0v) is 12.7. The van der Waals surface area contributed by atoms with Crippen LogP contribution in [0.25, 0.3) is 0 Å². The van der Waals surface area contributed by atoms with Crippen molar-refractivity contribution in [3.05, 3.63) is 0 Å². The molecular weight excluding hydrogens is 266 g/mol. The normalized spacial score (nSPS) is 12.3. The third-order valence-corrected chi connectivity index (χ3v) is 2.38. The van der Waals surface area contributed by atoms with Gasteiger partial charge in [0.25, 0.3) is 0 Å². The predicted molar refractivity (Wildman–Crippen MR) is 73.8 cm³/mol. The van der Waals surface area contributed by atoms with Gasteiger partial charge in [-0.3, -0.25) is 4.79 Å². The molecule has 20 heavy (non-hydrogen) atoms. The Balaban J connectivity index is 3.35. The van der Waals surface area contributed by atoms with E-state index in [1.54, 1.807) is 21.1 Å². The third-order valence-electron chi connectivity index (χ3n) is 2.38. The van der Waals surface area contributed by atoms with Crippen LogP contribution < -0.4 is 5.32 Å². The molecule has 0 saturated carbocycles. The Labute approximate surface area is 120 Å². The molecule has 0 aliphatic heterocycles. The molecule has 0 aromatic heterocycles. The van der Waals surface area contributed by atoms with Gasteiger partial charge in [0.15, 0.2) is 0 Å². The molecule has 0 aliphatic carbocycles. The number of likely N-dealkylation sites (N-methyl/N-ethyl adjacent to an activating group) is 1. The van der Waals surface area contributed by atoms with E-state index in [0.717, 1.165) is 0 Å². The molecule has 0 aromatic rings. The van der Waals surface area contributed by atoms with Crippen LogP contribution in [0.1, 0.15) is 6.92 Å². The molecule has 0 rings (SSSR count). The molecule has 1 unspecified atom stereocenters. The van der Waals surface area contributed by atoms with Crippen molar-refractivity contribution in [2.75, 3.05) is 67.0 Å². The highest BCUT2D eigenvalue weighted by molar-refractivity contribution is 5.75. The van der Waals surface area contributed by atoms with E-state index in [0.29, 0.717) is 46.2 Å². The number of carbonyl (C=O) groups is 1. The Morgan fingerprint density at radius 2 is 1.55 bits per heavy atom. The van der Waals surface area contributed by atoms with E-state index in [2.05, 4.69) is 5.32 Å². The van der Waals surface area contributed by atoms with Crippen molar-refractivity contribution in [3.63, 3.8) is 0 Å². The second kappa shape index (κ2) is 14.7. The zero-order chi connectivity index (χ0) is 15.1. The van der Waals surface area contributed by atoms with E-state index in [-0.39, 0.29) is 12.6 Å². The Hall–Kier alpha value is -0.730. The van der Waals surface area contributed by atoms with Crippen LogP contribution in [0.5, 0.6) is 0 Å². The highest BCUT2D eigenvalue weighted by Crippen LogP contribution is 1.91. The molecule has 1 atom stereocenters. The van der Waals surface area contributed by atoms with Gasteiger partial charge in [-0.25, -0.2) is 0 Å². The Kier molecular flexibility index (Phi) is 14.1. The Bertz CT molecular complexity index is 227. The summed E-state index contributed by atoms with van der Waals surface area (Å²) in [6.07, 6.45) is 0. The van der Waals surface area contributed by atoms with Gasteiger partial charge in [-0.05, 0) is 14.0 Å². The molecule has 0 amide bonds. The fourth-order valence-corrected chi connectivity index (χ4v) is 1.30. The van der Waals surface area contributed by atoms with Crippen molar-refractivity contribution in [2.24, 2.45) is 0 Å². The van der Waals surface area contributed by atoms with Crippen molar-refractivity contribution in [2.45, 2.75) is 13.0 Å². The van der Waals surface area contributed by atoms with Gasteiger partial charge in [-0.15, -0.1) is 0 Å². The van der Waals surface area contributed by atoms with Gasteiger partial charge in [-0.2, -0.15) is 0 Å². The number of carbonyl (C=O) groups excluding carboxylic acids is 1. The van der Waals surface area contributed by atoms with Crippen molar-refractivity contribution in [3.8, 4) is 0 Å². The minimum absolute atomic E-state index is 0.267. The summed E-state index contributed by atoms with van der Waals surface area (Å²) in [5.74, 6) is -0.303. The molecule has 0 radical (unpaired) electrons. The summed E-state index contributed by atoms with van der Waals surface area (Å²) in [6, 6.07) is -0.438. The summed E-state index contributed by atoms with van der Waals surface area (Å²) in [5.41, 5.74) is 0. The van der Waals surface area contributed by atoms with Gasteiger partial charge >= 0.3 is 5.97 Å². The Morgan fingerprint density at radius 1 is 1.00 bits per heavy atom. The molecule has 0 heterocycles. The van der Waals surface area contributed by atoms with E-state index in [9.17, 15) is 4.79 Å². The van der Waals surface area contributed by atoms with Gasteiger partial charge in [-0.1, -0.05) is 0 Å². The summed E-state index contributed by atoms with van der Waals surface area (Å²) in [6.45, 7) is 5.50. The smallest absolute Gasteiger partial charge is 0.325 e. The van der Waals surface area contributed by atoms with Crippen LogP contribution in [-0.2, 0) is 28.5 Å². The molecule has 0 bridgehead atoms. The summed E-state index contributed by atoms with van der Waals surface area (Å²) < 4.78 is 25.6. The molecule has 0 aromatic carbocycles. The van der Waals surface area contributed by atoms with Gasteiger partial charge < -0.3 is 29.0 Å². The number of ether oxygens (including phenoxy) is 5. The first-order chi connectivity index (χ1) is 9.76. The van der Waals surface area contributed by atoms with Crippen LogP contribution in [0.4, 0.5) is 0 Å². The first-order valence-corrected chi connectivity index (χ1v) is 6.82. The molecule has 0 spiro atoms. The molecule has 7 nitrogen and oxygen atoms in total.